The summed E-state index contributed by atoms with van der Waals surface area (Å²) in [6.45, 7) is 0. The molecule has 2 aromatic rings. The maximum atomic E-state index is 5.88. The molecule has 0 saturated heterocycles. The van der Waals surface area contributed by atoms with Crippen LogP contribution in [0.4, 0.5) is 5.69 Å². The van der Waals surface area contributed by atoms with Gasteiger partial charge in [-0.25, -0.2) is 0 Å². The van der Waals surface area contributed by atoms with Gasteiger partial charge in [-0.1, -0.05) is 41.4 Å². The van der Waals surface area contributed by atoms with E-state index in [2.05, 4.69) is 10.5 Å². The van der Waals surface area contributed by atoms with Gasteiger partial charge in [0, 0.05) is 10.0 Å². The highest BCUT2D eigenvalue weighted by atomic mass is 35.5. The van der Waals surface area contributed by atoms with Crippen molar-refractivity contribution in [3.8, 4) is 0 Å². The molecular weight excluding hydrogens is 255 g/mol. The summed E-state index contributed by atoms with van der Waals surface area (Å²) in [7, 11) is 0. The number of hydrazone groups is 1. The fourth-order valence-electron chi connectivity index (χ4n) is 1.34. The van der Waals surface area contributed by atoms with E-state index in [-0.39, 0.29) is 0 Å². The second-order valence-corrected chi connectivity index (χ2v) is 4.31. The maximum absolute atomic E-state index is 5.88. The van der Waals surface area contributed by atoms with Crippen molar-refractivity contribution in [3.05, 3.63) is 64.1 Å². The van der Waals surface area contributed by atoms with Crippen molar-refractivity contribution >= 4 is 35.1 Å². The van der Waals surface area contributed by atoms with Crippen LogP contribution in [0.25, 0.3) is 0 Å². The van der Waals surface area contributed by atoms with Gasteiger partial charge < -0.3 is 0 Å². The normalized spacial score (nSPS) is 10.7. The first-order valence-electron chi connectivity index (χ1n) is 5.04. The highest BCUT2D eigenvalue weighted by Crippen LogP contribution is 2.17. The molecule has 0 fully saturated rings. The van der Waals surface area contributed by atoms with Crippen LogP contribution >= 0.6 is 23.2 Å². The van der Waals surface area contributed by atoms with Crippen LogP contribution in [0.3, 0.4) is 0 Å². The zero-order chi connectivity index (χ0) is 12.1. The lowest BCUT2D eigenvalue weighted by Gasteiger charge is -1.99. The molecule has 2 aromatic carbocycles. The van der Waals surface area contributed by atoms with Gasteiger partial charge >= 0.3 is 0 Å². The molecule has 0 aliphatic carbocycles. The Morgan fingerprint density at radius 3 is 2.24 bits per heavy atom. The molecule has 0 radical (unpaired) electrons. The standard InChI is InChI=1S/C13H10Cl2N2/c14-11-6-10(7-12(15)8-11)9-16-17-13-4-2-1-3-5-13/h1-9,17H/b16-9+. The first kappa shape index (κ1) is 12.0. The summed E-state index contributed by atoms with van der Waals surface area (Å²) in [6, 6.07) is 15.0. The lowest BCUT2D eigenvalue weighted by molar-refractivity contribution is 1.35. The molecule has 2 nitrogen and oxygen atoms in total. The minimum atomic E-state index is 0.596. The number of halogens is 2. The highest BCUT2D eigenvalue weighted by molar-refractivity contribution is 6.35. The Morgan fingerprint density at radius 2 is 1.59 bits per heavy atom. The Bertz CT molecular complexity index is 504. The molecule has 2 rings (SSSR count). The first-order chi connectivity index (χ1) is 8.24. The predicted molar refractivity (Wildman–Crippen MR) is 74.1 cm³/mol. The monoisotopic (exact) mass is 264 g/mol. The summed E-state index contributed by atoms with van der Waals surface area (Å²) < 4.78 is 0. The predicted octanol–water partition coefficient (Wildman–Crippen LogP) is 4.44. The minimum Gasteiger partial charge on any atom is -0.279 e. The molecular formula is C13H10Cl2N2. The smallest absolute Gasteiger partial charge is 0.0561 e. The van der Waals surface area contributed by atoms with E-state index < -0.39 is 0 Å². The van der Waals surface area contributed by atoms with Crippen LogP contribution in [0, 0.1) is 0 Å². The quantitative estimate of drug-likeness (QED) is 0.644. The number of nitrogens with zero attached hydrogens (tertiary/aromatic N) is 1. The van der Waals surface area contributed by atoms with E-state index in [1.54, 1.807) is 24.4 Å². The van der Waals surface area contributed by atoms with Gasteiger partial charge in [-0.15, -0.1) is 0 Å². The number of hydrogen-bond acceptors (Lipinski definition) is 2. The number of anilines is 1. The van der Waals surface area contributed by atoms with Gasteiger partial charge in [0.25, 0.3) is 0 Å². The molecule has 0 aromatic heterocycles. The summed E-state index contributed by atoms with van der Waals surface area (Å²) in [5.74, 6) is 0. The van der Waals surface area contributed by atoms with Gasteiger partial charge in [0.15, 0.2) is 0 Å². The van der Waals surface area contributed by atoms with Crippen LogP contribution in [0.1, 0.15) is 5.56 Å². The topological polar surface area (TPSA) is 24.4 Å². The Kier molecular flexibility index (Phi) is 4.02. The fourth-order valence-corrected chi connectivity index (χ4v) is 1.89. The Labute approximate surface area is 110 Å². The number of nitrogens with one attached hydrogen (secondary N) is 1. The molecule has 0 unspecified atom stereocenters. The van der Waals surface area contributed by atoms with Crippen molar-refractivity contribution in [2.24, 2.45) is 5.10 Å². The fraction of sp³-hybridized carbons (Fsp3) is 0. The molecule has 0 heterocycles. The largest absolute Gasteiger partial charge is 0.279 e. The van der Waals surface area contributed by atoms with Gasteiger partial charge in [0.1, 0.15) is 0 Å². The molecule has 0 aliphatic rings. The van der Waals surface area contributed by atoms with Crippen LogP contribution in [0.15, 0.2) is 53.6 Å². The van der Waals surface area contributed by atoms with Crippen LogP contribution in [0.2, 0.25) is 10.0 Å². The Morgan fingerprint density at radius 1 is 0.941 bits per heavy atom. The summed E-state index contributed by atoms with van der Waals surface area (Å²) >= 11 is 11.8. The molecule has 0 amide bonds. The van der Waals surface area contributed by atoms with Crippen molar-refractivity contribution in [2.45, 2.75) is 0 Å². The number of hydrogen-bond donors (Lipinski definition) is 1. The third-order valence-electron chi connectivity index (χ3n) is 2.07. The summed E-state index contributed by atoms with van der Waals surface area (Å²) in [5.41, 5.74) is 4.70. The van der Waals surface area contributed by atoms with Crippen molar-refractivity contribution in [1.82, 2.24) is 0 Å². The van der Waals surface area contributed by atoms with Gasteiger partial charge in [-0.05, 0) is 35.9 Å². The second-order valence-electron chi connectivity index (χ2n) is 3.44. The van der Waals surface area contributed by atoms with Crippen LogP contribution < -0.4 is 5.43 Å². The molecule has 0 spiro atoms. The van der Waals surface area contributed by atoms with Crippen molar-refractivity contribution < 1.29 is 0 Å². The van der Waals surface area contributed by atoms with E-state index in [1.807, 2.05) is 30.3 Å². The Balaban J connectivity index is 2.06. The van der Waals surface area contributed by atoms with Crippen LogP contribution in [-0.4, -0.2) is 6.21 Å². The summed E-state index contributed by atoms with van der Waals surface area (Å²) in [5, 5.41) is 5.29. The van der Waals surface area contributed by atoms with E-state index in [1.165, 1.54) is 0 Å². The zero-order valence-corrected chi connectivity index (χ0v) is 10.4. The molecule has 1 N–H and O–H groups in total. The zero-order valence-electron chi connectivity index (χ0n) is 8.90. The minimum absolute atomic E-state index is 0.596. The van der Waals surface area contributed by atoms with E-state index in [9.17, 15) is 0 Å². The molecule has 0 aliphatic heterocycles. The molecule has 4 heteroatoms. The maximum Gasteiger partial charge on any atom is 0.0561 e. The number of rotatable bonds is 3. The number of benzene rings is 2. The lowest BCUT2D eigenvalue weighted by atomic mass is 10.2. The van der Waals surface area contributed by atoms with Gasteiger partial charge in [0.05, 0.1) is 11.9 Å². The molecule has 0 saturated carbocycles. The summed E-state index contributed by atoms with van der Waals surface area (Å²) in [4.78, 5) is 0. The van der Waals surface area contributed by atoms with Crippen LogP contribution in [-0.2, 0) is 0 Å². The average Bonchev–Trinajstić information content (AvgIpc) is 2.29. The summed E-state index contributed by atoms with van der Waals surface area (Å²) in [6.07, 6.45) is 1.67. The average molecular weight is 265 g/mol. The van der Waals surface area contributed by atoms with Crippen LogP contribution in [0.5, 0.6) is 0 Å². The highest BCUT2D eigenvalue weighted by Gasteiger charge is 1.95. The van der Waals surface area contributed by atoms with Gasteiger partial charge in [-0.3, -0.25) is 5.43 Å². The molecule has 0 bridgehead atoms. The number of para-hydroxylation sites is 1. The van der Waals surface area contributed by atoms with E-state index in [4.69, 9.17) is 23.2 Å². The SMILES string of the molecule is Clc1cc(Cl)cc(/C=N/Nc2ccccc2)c1. The lowest BCUT2D eigenvalue weighted by Crippen LogP contribution is -1.90. The third-order valence-corrected chi connectivity index (χ3v) is 2.50. The first-order valence-corrected chi connectivity index (χ1v) is 5.80. The van der Waals surface area contributed by atoms with Crippen molar-refractivity contribution in [3.63, 3.8) is 0 Å². The second kappa shape index (κ2) is 5.71. The van der Waals surface area contributed by atoms with Crippen molar-refractivity contribution in [2.75, 3.05) is 5.43 Å². The third kappa shape index (κ3) is 3.77. The van der Waals surface area contributed by atoms with Gasteiger partial charge in [0.2, 0.25) is 0 Å². The van der Waals surface area contributed by atoms with Crippen molar-refractivity contribution in [1.29, 1.82) is 0 Å². The molecule has 0 atom stereocenters. The molecule has 17 heavy (non-hydrogen) atoms. The van der Waals surface area contributed by atoms with E-state index in [0.29, 0.717) is 10.0 Å². The van der Waals surface area contributed by atoms with E-state index in [0.717, 1.165) is 11.3 Å². The van der Waals surface area contributed by atoms with E-state index >= 15 is 0 Å². The Hall–Kier alpha value is -1.51. The molecule has 86 valence electrons. The van der Waals surface area contributed by atoms with Gasteiger partial charge in [-0.2, -0.15) is 5.10 Å².